The number of rotatable bonds is 5. The molecule has 0 atom stereocenters. The molecule has 0 radical (unpaired) electrons. The first-order chi connectivity index (χ1) is 8.59. The molecular formula is C11H16F2N2O3S. The average Bonchev–Trinajstić information content (AvgIpc) is 2.21. The van der Waals surface area contributed by atoms with Crippen LogP contribution in [0.3, 0.4) is 0 Å². The van der Waals surface area contributed by atoms with Crippen LogP contribution in [0.1, 0.15) is 13.8 Å². The van der Waals surface area contributed by atoms with Crippen LogP contribution in [0, 0.1) is 11.6 Å². The number of nitrogens with two attached hydrogens (primary N) is 1. The molecule has 0 amide bonds. The van der Waals surface area contributed by atoms with Crippen molar-refractivity contribution in [1.29, 1.82) is 0 Å². The summed E-state index contributed by atoms with van der Waals surface area (Å²) in [5, 5.41) is 0. The summed E-state index contributed by atoms with van der Waals surface area (Å²) in [6.45, 7) is 3.22. The number of sulfonamides is 1. The van der Waals surface area contributed by atoms with Crippen molar-refractivity contribution in [2.24, 2.45) is 0 Å². The van der Waals surface area contributed by atoms with Crippen LogP contribution >= 0.6 is 0 Å². The fourth-order valence-electron chi connectivity index (χ4n) is 1.56. The Balaban J connectivity index is 3.18. The predicted molar refractivity (Wildman–Crippen MR) is 67.0 cm³/mol. The van der Waals surface area contributed by atoms with Gasteiger partial charge in [0, 0.05) is 13.2 Å². The second-order valence-electron chi connectivity index (χ2n) is 4.73. The van der Waals surface area contributed by atoms with Gasteiger partial charge >= 0.3 is 0 Å². The molecule has 1 rings (SSSR count). The monoisotopic (exact) mass is 294 g/mol. The van der Waals surface area contributed by atoms with Gasteiger partial charge in [-0.1, -0.05) is 0 Å². The van der Waals surface area contributed by atoms with Gasteiger partial charge in [0.1, 0.15) is 16.5 Å². The molecule has 1 aromatic carbocycles. The van der Waals surface area contributed by atoms with Crippen LogP contribution < -0.4 is 10.5 Å². The van der Waals surface area contributed by atoms with E-state index in [2.05, 4.69) is 4.72 Å². The van der Waals surface area contributed by atoms with E-state index >= 15 is 0 Å². The summed E-state index contributed by atoms with van der Waals surface area (Å²) >= 11 is 0. The van der Waals surface area contributed by atoms with Gasteiger partial charge in [-0.2, -0.15) is 0 Å². The lowest BCUT2D eigenvalue weighted by Gasteiger charge is -2.25. The summed E-state index contributed by atoms with van der Waals surface area (Å²) in [5.41, 5.74) is 3.87. The van der Waals surface area contributed by atoms with Gasteiger partial charge in [0.15, 0.2) is 0 Å². The lowest BCUT2D eigenvalue weighted by Crippen LogP contribution is -2.46. The lowest BCUT2D eigenvalue weighted by atomic mass is 10.1. The zero-order chi connectivity index (χ0) is 14.8. The van der Waals surface area contributed by atoms with Gasteiger partial charge in [0.05, 0.1) is 17.8 Å². The van der Waals surface area contributed by atoms with Gasteiger partial charge in [-0.25, -0.2) is 21.9 Å². The van der Waals surface area contributed by atoms with Crippen molar-refractivity contribution in [3.63, 3.8) is 0 Å². The molecule has 0 fully saturated rings. The summed E-state index contributed by atoms with van der Waals surface area (Å²) in [6, 6.07) is 1.18. The Kier molecular flexibility index (Phi) is 4.49. The van der Waals surface area contributed by atoms with Crippen LogP contribution in [0.2, 0.25) is 0 Å². The molecule has 0 heterocycles. The van der Waals surface area contributed by atoms with Crippen molar-refractivity contribution in [2.45, 2.75) is 24.3 Å². The highest BCUT2D eigenvalue weighted by Crippen LogP contribution is 2.22. The summed E-state index contributed by atoms with van der Waals surface area (Å²) in [6.07, 6.45) is 0. The van der Waals surface area contributed by atoms with E-state index in [9.17, 15) is 17.2 Å². The first-order valence-electron chi connectivity index (χ1n) is 5.36. The first-order valence-corrected chi connectivity index (χ1v) is 6.85. The zero-order valence-corrected chi connectivity index (χ0v) is 11.6. The number of nitrogen functional groups attached to an aromatic ring is 1. The minimum atomic E-state index is -4.16. The minimum Gasteiger partial charge on any atom is -0.396 e. The van der Waals surface area contributed by atoms with E-state index in [0.29, 0.717) is 6.07 Å². The van der Waals surface area contributed by atoms with E-state index in [4.69, 9.17) is 10.5 Å². The molecule has 0 saturated heterocycles. The SMILES string of the molecule is COCC(C)(C)NS(=O)(=O)c1cc(N)c(F)cc1F. The first kappa shape index (κ1) is 15.8. The third-order valence-electron chi connectivity index (χ3n) is 2.26. The molecule has 0 aliphatic rings. The zero-order valence-electron chi connectivity index (χ0n) is 10.8. The second kappa shape index (κ2) is 5.40. The van der Waals surface area contributed by atoms with Crippen molar-refractivity contribution < 1.29 is 21.9 Å². The topological polar surface area (TPSA) is 81.4 Å². The normalized spacial score (nSPS) is 12.7. The number of anilines is 1. The standard InChI is InChI=1S/C11H16F2N2O3S/c1-11(2,6-18-3)15-19(16,17)10-5-9(14)7(12)4-8(10)13/h4-5,15H,6,14H2,1-3H3. The summed E-state index contributed by atoms with van der Waals surface area (Å²) in [5.74, 6) is -2.21. The molecule has 3 N–H and O–H groups in total. The Labute approximate surface area is 110 Å². The van der Waals surface area contributed by atoms with Crippen LogP contribution in [0.4, 0.5) is 14.5 Å². The summed E-state index contributed by atoms with van der Waals surface area (Å²) in [4.78, 5) is -0.699. The largest absolute Gasteiger partial charge is 0.396 e. The second-order valence-corrected chi connectivity index (χ2v) is 6.38. The van der Waals surface area contributed by atoms with E-state index in [1.165, 1.54) is 7.11 Å². The maximum atomic E-state index is 13.5. The van der Waals surface area contributed by atoms with E-state index < -0.39 is 37.8 Å². The fourth-order valence-corrected chi connectivity index (χ4v) is 3.05. The molecule has 108 valence electrons. The number of nitrogens with one attached hydrogen (secondary N) is 1. The summed E-state index contributed by atoms with van der Waals surface area (Å²) in [7, 11) is -2.75. The number of benzene rings is 1. The molecule has 0 unspecified atom stereocenters. The highest BCUT2D eigenvalue weighted by atomic mass is 32.2. The molecule has 0 saturated carbocycles. The Morgan fingerprint density at radius 3 is 2.42 bits per heavy atom. The van der Waals surface area contributed by atoms with Crippen LogP contribution in [0.5, 0.6) is 0 Å². The van der Waals surface area contributed by atoms with Crippen LogP contribution in [-0.4, -0.2) is 27.7 Å². The molecular weight excluding hydrogens is 278 g/mol. The Bertz CT molecular complexity index is 574. The van der Waals surface area contributed by atoms with Crippen LogP contribution in [0.25, 0.3) is 0 Å². The predicted octanol–water partition coefficient (Wildman–Crippen LogP) is 1.25. The third-order valence-corrected chi connectivity index (χ3v) is 3.97. The molecule has 1 aromatic rings. The Hall–Kier alpha value is -1.25. The highest BCUT2D eigenvalue weighted by molar-refractivity contribution is 7.89. The highest BCUT2D eigenvalue weighted by Gasteiger charge is 2.29. The lowest BCUT2D eigenvalue weighted by molar-refractivity contribution is 0.141. The van der Waals surface area contributed by atoms with E-state index in [1.54, 1.807) is 13.8 Å². The maximum Gasteiger partial charge on any atom is 0.244 e. The van der Waals surface area contributed by atoms with E-state index in [-0.39, 0.29) is 6.61 Å². The molecule has 0 aromatic heterocycles. The molecule has 0 aliphatic heterocycles. The smallest absolute Gasteiger partial charge is 0.244 e. The molecule has 0 aliphatic carbocycles. The quantitative estimate of drug-likeness (QED) is 0.801. The van der Waals surface area contributed by atoms with Crippen molar-refractivity contribution in [1.82, 2.24) is 4.72 Å². The van der Waals surface area contributed by atoms with Crippen molar-refractivity contribution >= 4 is 15.7 Å². The number of hydrogen-bond acceptors (Lipinski definition) is 4. The van der Waals surface area contributed by atoms with Gasteiger partial charge in [0.25, 0.3) is 0 Å². The number of halogens is 2. The fraction of sp³-hybridized carbons (Fsp3) is 0.455. The third kappa shape index (κ3) is 3.85. The molecule has 0 spiro atoms. The molecule has 0 bridgehead atoms. The van der Waals surface area contributed by atoms with Gasteiger partial charge in [-0.15, -0.1) is 0 Å². The van der Waals surface area contributed by atoms with Crippen LogP contribution in [-0.2, 0) is 14.8 Å². The maximum absolute atomic E-state index is 13.5. The molecule has 8 heteroatoms. The van der Waals surface area contributed by atoms with E-state index in [1.807, 2.05) is 0 Å². The minimum absolute atomic E-state index is 0.0878. The van der Waals surface area contributed by atoms with Crippen molar-refractivity contribution in [2.75, 3.05) is 19.5 Å². The number of ether oxygens (including phenoxy) is 1. The van der Waals surface area contributed by atoms with Gasteiger partial charge in [0.2, 0.25) is 10.0 Å². The number of methoxy groups -OCH3 is 1. The Morgan fingerprint density at radius 2 is 1.89 bits per heavy atom. The van der Waals surface area contributed by atoms with Gasteiger partial charge < -0.3 is 10.5 Å². The van der Waals surface area contributed by atoms with Crippen LogP contribution in [0.15, 0.2) is 17.0 Å². The van der Waals surface area contributed by atoms with Crippen molar-refractivity contribution in [3.8, 4) is 0 Å². The summed E-state index contributed by atoms with van der Waals surface area (Å²) < 4.78 is 57.7. The molecule has 5 nitrogen and oxygen atoms in total. The van der Waals surface area contributed by atoms with Crippen molar-refractivity contribution in [3.05, 3.63) is 23.8 Å². The van der Waals surface area contributed by atoms with Gasteiger partial charge in [-0.05, 0) is 19.9 Å². The Morgan fingerprint density at radius 1 is 1.32 bits per heavy atom. The van der Waals surface area contributed by atoms with E-state index in [0.717, 1.165) is 6.07 Å². The number of hydrogen-bond donors (Lipinski definition) is 2. The average molecular weight is 294 g/mol. The van der Waals surface area contributed by atoms with Gasteiger partial charge in [-0.3, -0.25) is 0 Å². The molecule has 19 heavy (non-hydrogen) atoms.